The van der Waals surface area contributed by atoms with Crippen LogP contribution in [-0.2, 0) is 10.1 Å². The Balaban J connectivity index is 3.47. The third-order valence-electron chi connectivity index (χ3n) is 5.24. The molecule has 0 aromatic carbocycles. The van der Waals surface area contributed by atoms with E-state index in [4.69, 9.17) is 0 Å². The van der Waals surface area contributed by atoms with Gasteiger partial charge in [-0.3, -0.25) is 4.55 Å². The molecule has 0 aromatic heterocycles. The van der Waals surface area contributed by atoms with Gasteiger partial charge in [-0.15, -0.1) is 0 Å². The molecule has 0 aliphatic carbocycles. The minimum absolute atomic E-state index is 0.318. The predicted molar refractivity (Wildman–Crippen MR) is 111 cm³/mol. The Labute approximate surface area is 162 Å². The topological polar surface area (TPSA) is 74.6 Å². The first-order chi connectivity index (χ1) is 12.4. The standard InChI is InChI=1S/C21H44O4S/c1-3-5-6-7-8-9-10-11-12-13-14-15-16-17-19-20(22)21(18-4-2)26(23,24)25/h20-22H,3-19H2,1-2H3,(H,23,24,25). The Bertz CT molecular complexity index is 395. The van der Waals surface area contributed by atoms with Gasteiger partial charge in [-0.1, -0.05) is 110 Å². The average Bonchev–Trinajstić information content (AvgIpc) is 2.58. The molecule has 0 rings (SSSR count). The monoisotopic (exact) mass is 392 g/mol. The fraction of sp³-hybridized carbons (Fsp3) is 1.00. The molecule has 4 nitrogen and oxygen atoms in total. The van der Waals surface area contributed by atoms with E-state index in [2.05, 4.69) is 6.92 Å². The van der Waals surface area contributed by atoms with Crippen LogP contribution >= 0.6 is 0 Å². The molecule has 0 aliphatic rings. The molecule has 0 aliphatic heterocycles. The average molecular weight is 393 g/mol. The van der Waals surface area contributed by atoms with Crippen LogP contribution in [0.4, 0.5) is 0 Å². The van der Waals surface area contributed by atoms with Crippen LogP contribution in [0.15, 0.2) is 0 Å². The molecule has 0 bridgehead atoms. The minimum atomic E-state index is -4.15. The maximum Gasteiger partial charge on any atom is 0.270 e. The Kier molecular flexibility index (Phi) is 16.9. The first kappa shape index (κ1) is 25.9. The number of rotatable bonds is 19. The van der Waals surface area contributed by atoms with E-state index >= 15 is 0 Å². The Morgan fingerprint density at radius 3 is 1.35 bits per heavy atom. The summed E-state index contributed by atoms with van der Waals surface area (Å²) in [4.78, 5) is 0. The normalized spacial score (nSPS) is 14.5. The SMILES string of the molecule is CCCCCCCCCCCCCCCCC(O)C(CCC)S(=O)(=O)O. The third-order valence-corrected chi connectivity index (χ3v) is 6.55. The van der Waals surface area contributed by atoms with E-state index in [0.29, 0.717) is 19.3 Å². The van der Waals surface area contributed by atoms with Crippen LogP contribution in [0.3, 0.4) is 0 Å². The highest BCUT2D eigenvalue weighted by molar-refractivity contribution is 7.86. The summed E-state index contributed by atoms with van der Waals surface area (Å²) in [6.45, 7) is 4.11. The molecule has 0 saturated carbocycles. The molecule has 2 atom stereocenters. The summed E-state index contributed by atoms with van der Waals surface area (Å²) >= 11 is 0. The van der Waals surface area contributed by atoms with Gasteiger partial charge in [0.2, 0.25) is 0 Å². The van der Waals surface area contributed by atoms with E-state index in [-0.39, 0.29) is 0 Å². The molecule has 0 amide bonds. The highest BCUT2D eigenvalue weighted by Crippen LogP contribution is 2.18. The fourth-order valence-corrected chi connectivity index (χ4v) is 4.62. The highest BCUT2D eigenvalue weighted by atomic mass is 32.2. The minimum Gasteiger partial charge on any atom is -0.392 e. The Hall–Kier alpha value is -0.130. The Morgan fingerprint density at radius 1 is 0.615 bits per heavy atom. The summed E-state index contributed by atoms with van der Waals surface area (Å²) in [7, 11) is -4.15. The van der Waals surface area contributed by atoms with E-state index in [1.807, 2.05) is 6.92 Å². The Morgan fingerprint density at radius 2 is 1.00 bits per heavy atom. The predicted octanol–water partition coefficient (Wildman–Crippen LogP) is 6.28. The molecule has 0 aromatic rings. The van der Waals surface area contributed by atoms with Crippen molar-refractivity contribution in [2.24, 2.45) is 0 Å². The van der Waals surface area contributed by atoms with Crippen molar-refractivity contribution in [3.63, 3.8) is 0 Å². The third kappa shape index (κ3) is 15.0. The van der Waals surface area contributed by atoms with Gasteiger partial charge in [0.15, 0.2) is 0 Å². The molecule has 0 saturated heterocycles. The van der Waals surface area contributed by atoms with E-state index in [1.54, 1.807) is 0 Å². The quantitative estimate of drug-likeness (QED) is 0.200. The van der Waals surface area contributed by atoms with Gasteiger partial charge in [-0.05, 0) is 12.8 Å². The van der Waals surface area contributed by atoms with E-state index in [9.17, 15) is 18.1 Å². The number of aliphatic hydroxyl groups excluding tert-OH is 1. The molecule has 2 N–H and O–H groups in total. The second kappa shape index (κ2) is 17.0. The first-order valence-electron chi connectivity index (χ1n) is 11.1. The van der Waals surface area contributed by atoms with Crippen LogP contribution in [0, 0.1) is 0 Å². The van der Waals surface area contributed by atoms with Gasteiger partial charge in [0.1, 0.15) is 5.25 Å². The summed E-state index contributed by atoms with van der Waals surface area (Å²) < 4.78 is 31.8. The van der Waals surface area contributed by atoms with Crippen LogP contribution in [0.5, 0.6) is 0 Å². The summed E-state index contributed by atoms with van der Waals surface area (Å²) in [5.41, 5.74) is 0. The molecule has 2 unspecified atom stereocenters. The van der Waals surface area contributed by atoms with Crippen molar-refractivity contribution in [1.82, 2.24) is 0 Å². The summed E-state index contributed by atoms with van der Waals surface area (Å²) in [6, 6.07) is 0. The van der Waals surface area contributed by atoms with Crippen molar-refractivity contribution in [2.45, 2.75) is 134 Å². The lowest BCUT2D eigenvalue weighted by molar-refractivity contribution is 0.147. The van der Waals surface area contributed by atoms with Gasteiger partial charge in [-0.2, -0.15) is 8.42 Å². The van der Waals surface area contributed by atoms with E-state index in [1.165, 1.54) is 70.6 Å². The number of aliphatic hydroxyl groups is 1. The van der Waals surface area contributed by atoms with Crippen molar-refractivity contribution < 1.29 is 18.1 Å². The van der Waals surface area contributed by atoms with E-state index < -0.39 is 21.5 Å². The first-order valence-corrected chi connectivity index (χ1v) is 12.6. The zero-order chi connectivity index (χ0) is 19.7. The second-order valence-electron chi connectivity index (χ2n) is 7.79. The van der Waals surface area contributed by atoms with Gasteiger partial charge < -0.3 is 5.11 Å². The van der Waals surface area contributed by atoms with Crippen molar-refractivity contribution >= 4 is 10.1 Å². The van der Waals surface area contributed by atoms with Crippen LogP contribution in [-0.4, -0.2) is 29.4 Å². The maximum atomic E-state index is 11.3. The van der Waals surface area contributed by atoms with E-state index in [0.717, 1.165) is 19.3 Å². The van der Waals surface area contributed by atoms with Crippen LogP contribution in [0.1, 0.15) is 123 Å². The van der Waals surface area contributed by atoms with Crippen LogP contribution < -0.4 is 0 Å². The molecular formula is C21H44O4S. The van der Waals surface area contributed by atoms with Gasteiger partial charge in [0.05, 0.1) is 6.10 Å². The molecule has 0 heterocycles. The van der Waals surface area contributed by atoms with Crippen molar-refractivity contribution in [1.29, 1.82) is 0 Å². The lowest BCUT2D eigenvalue weighted by Crippen LogP contribution is -2.33. The van der Waals surface area contributed by atoms with Crippen molar-refractivity contribution in [3.8, 4) is 0 Å². The zero-order valence-corrected chi connectivity index (χ0v) is 18.1. The second-order valence-corrected chi connectivity index (χ2v) is 9.43. The molecule has 158 valence electrons. The van der Waals surface area contributed by atoms with Crippen LogP contribution in [0.25, 0.3) is 0 Å². The highest BCUT2D eigenvalue weighted by Gasteiger charge is 2.29. The molecular weight excluding hydrogens is 348 g/mol. The summed E-state index contributed by atoms with van der Waals surface area (Å²) in [5.74, 6) is 0. The van der Waals surface area contributed by atoms with Crippen molar-refractivity contribution in [2.75, 3.05) is 0 Å². The fourth-order valence-electron chi connectivity index (χ4n) is 3.56. The number of hydrogen-bond donors (Lipinski definition) is 2. The summed E-state index contributed by atoms with van der Waals surface area (Å²) in [6.07, 6.45) is 18.3. The van der Waals surface area contributed by atoms with Crippen molar-refractivity contribution in [3.05, 3.63) is 0 Å². The molecule has 26 heavy (non-hydrogen) atoms. The molecule has 5 heteroatoms. The summed E-state index contributed by atoms with van der Waals surface area (Å²) in [5, 5.41) is 9.01. The molecule has 0 fully saturated rings. The van der Waals surface area contributed by atoms with Gasteiger partial charge >= 0.3 is 0 Å². The smallest absolute Gasteiger partial charge is 0.270 e. The zero-order valence-electron chi connectivity index (χ0n) is 17.3. The largest absolute Gasteiger partial charge is 0.392 e. The molecule has 0 spiro atoms. The number of unbranched alkanes of at least 4 members (excludes halogenated alkanes) is 13. The lowest BCUT2D eigenvalue weighted by Gasteiger charge is -2.19. The molecule has 0 radical (unpaired) electrons. The van der Waals surface area contributed by atoms with Gasteiger partial charge in [-0.25, -0.2) is 0 Å². The van der Waals surface area contributed by atoms with Crippen LogP contribution in [0.2, 0.25) is 0 Å². The maximum absolute atomic E-state index is 11.3. The van der Waals surface area contributed by atoms with Gasteiger partial charge in [0, 0.05) is 0 Å². The lowest BCUT2D eigenvalue weighted by atomic mass is 10.0. The van der Waals surface area contributed by atoms with Gasteiger partial charge in [0.25, 0.3) is 10.1 Å². The number of hydrogen-bond acceptors (Lipinski definition) is 3.